The van der Waals surface area contributed by atoms with Crippen molar-refractivity contribution in [1.82, 2.24) is 9.88 Å². The van der Waals surface area contributed by atoms with Crippen LogP contribution in [0, 0.1) is 5.82 Å². The molecule has 0 unspecified atom stereocenters. The number of amides is 1. The third kappa shape index (κ3) is 5.76. The molecule has 0 saturated heterocycles. The molecule has 0 bridgehead atoms. The van der Waals surface area contributed by atoms with Crippen LogP contribution in [0.2, 0.25) is 0 Å². The number of carbonyl (C=O) groups is 1. The number of fused-ring (bicyclic) bond motifs is 2. The summed E-state index contributed by atoms with van der Waals surface area (Å²) < 4.78 is 26.8. The van der Waals surface area contributed by atoms with E-state index in [9.17, 15) is 9.18 Å². The highest BCUT2D eigenvalue weighted by molar-refractivity contribution is 14.2. The second-order valence-corrected chi connectivity index (χ2v) is 12.2. The van der Waals surface area contributed by atoms with E-state index in [0.717, 1.165) is 33.4 Å². The molecule has 8 heteroatoms. The first-order chi connectivity index (χ1) is 20.1. The van der Waals surface area contributed by atoms with Crippen LogP contribution in [0.25, 0.3) is 10.9 Å². The number of aromatic nitrogens is 1. The lowest BCUT2D eigenvalue weighted by Gasteiger charge is -2.23. The average Bonchev–Trinajstić information content (AvgIpc) is 3.33. The smallest absolute Gasteiger partial charge is 0.258 e. The third-order valence-corrected chi connectivity index (χ3v) is 8.70. The van der Waals surface area contributed by atoms with E-state index in [4.69, 9.17) is 14.5 Å². The molecule has 0 fully saturated rings. The first kappa shape index (κ1) is 27.5. The number of benzene rings is 4. The number of ether oxygens (including phenoxy) is 2. The summed E-state index contributed by atoms with van der Waals surface area (Å²) in [4.78, 5) is 20.6. The molecule has 6 rings (SSSR count). The molecule has 5 aromatic rings. The van der Waals surface area contributed by atoms with Crippen molar-refractivity contribution in [2.75, 3.05) is 12.4 Å². The molecule has 0 aliphatic carbocycles. The normalized spacial score (nSPS) is 12.7. The highest BCUT2D eigenvalue weighted by Crippen LogP contribution is 2.46. The monoisotopic (exact) mass is 676 g/mol. The lowest BCUT2D eigenvalue weighted by Crippen LogP contribution is -2.23. The highest BCUT2D eigenvalue weighted by atomic mass is 127. The molecular formula is C33H26FIN2O3S. The van der Waals surface area contributed by atoms with Gasteiger partial charge < -0.3 is 14.4 Å². The van der Waals surface area contributed by atoms with E-state index in [1.807, 2.05) is 72.8 Å². The average molecular weight is 677 g/mol. The predicted molar refractivity (Wildman–Crippen MR) is 169 cm³/mol. The SMILES string of the molecule is O=C1c2c(c(OCCSI)c3cccnc3c2OC(c2ccccc2)c2ccccc2)CN1Cc1ccc(F)cc1. The molecule has 41 heavy (non-hydrogen) atoms. The quantitative estimate of drug-likeness (QED) is 0.110. The van der Waals surface area contributed by atoms with Crippen LogP contribution in [-0.4, -0.2) is 28.2 Å². The predicted octanol–water partition coefficient (Wildman–Crippen LogP) is 8.16. The molecule has 1 aliphatic rings. The Labute approximate surface area is 254 Å². The molecule has 0 spiro atoms. The lowest BCUT2D eigenvalue weighted by atomic mass is 9.99. The van der Waals surface area contributed by atoms with Crippen molar-refractivity contribution >= 4 is 46.9 Å². The zero-order valence-corrected chi connectivity index (χ0v) is 25.0. The van der Waals surface area contributed by atoms with Gasteiger partial charge in [-0.1, -0.05) is 81.7 Å². The molecule has 0 radical (unpaired) electrons. The molecule has 0 saturated carbocycles. The standard InChI is InChI=1S/C33H26FIN2O3S/c34-25-15-13-22(14-16-25)20-37-21-27-28(33(37)38)32(29-26(12-7-17-36-29)31(27)39-18-19-41-35)40-30(23-8-3-1-4-9-23)24-10-5-2-6-11-24/h1-17,30H,18-21H2. The summed E-state index contributed by atoms with van der Waals surface area (Å²) >= 11 is 2.25. The minimum absolute atomic E-state index is 0.167. The molecule has 2 heterocycles. The first-order valence-electron chi connectivity index (χ1n) is 13.2. The van der Waals surface area contributed by atoms with Gasteiger partial charge in [-0.3, -0.25) is 9.78 Å². The Kier molecular flexibility index (Phi) is 8.38. The van der Waals surface area contributed by atoms with Gasteiger partial charge in [0.15, 0.2) is 5.75 Å². The number of nitrogens with zero attached hydrogens (tertiary/aromatic N) is 2. The van der Waals surface area contributed by atoms with Crippen LogP contribution < -0.4 is 9.47 Å². The minimum Gasteiger partial charge on any atom is -0.492 e. The Balaban J connectivity index is 1.50. The molecular weight excluding hydrogens is 650 g/mol. The van der Waals surface area contributed by atoms with Crippen molar-refractivity contribution in [2.45, 2.75) is 19.2 Å². The third-order valence-electron chi connectivity index (χ3n) is 7.05. The Hall–Kier alpha value is -3.63. The number of rotatable bonds is 10. The van der Waals surface area contributed by atoms with Crippen LogP contribution in [-0.2, 0) is 13.1 Å². The van der Waals surface area contributed by atoms with Crippen molar-refractivity contribution in [3.63, 3.8) is 0 Å². The summed E-state index contributed by atoms with van der Waals surface area (Å²) in [5, 5.41) is 0.802. The van der Waals surface area contributed by atoms with Gasteiger partial charge in [0.25, 0.3) is 5.91 Å². The van der Waals surface area contributed by atoms with Gasteiger partial charge in [-0.2, -0.15) is 0 Å². The zero-order chi connectivity index (χ0) is 28.2. The second-order valence-electron chi connectivity index (χ2n) is 9.68. The summed E-state index contributed by atoms with van der Waals surface area (Å²) in [5.74, 6) is 1.42. The Morgan fingerprint density at radius 3 is 2.24 bits per heavy atom. The summed E-state index contributed by atoms with van der Waals surface area (Å²) in [5.41, 5.74) is 4.59. The van der Waals surface area contributed by atoms with Gasteiger partial charge in [0, 0.05) is 29.4 Å². The Morgan fingerprint density at radius 2 is 1.59 bits per heavy atom. The van der Waals surface area contributed by atoms with Crippen LogP contribution in [0.3, 0.4) is 0 Å². The lowest BCUT2D eigenvalue weighted by molar-refractivity contribution is 0.0762. The van der Waals surface area contributed by atoms with E-state index >= 15 is 0 Å². The van der Waals surface area contributed by atoms with Gasteiger partial charge >= 0.3 is 0 Å². The van der Waals surface area contributed by atoms with E-state index < -0.39 is 6.10 Å². The molecule has 4 aromatic carbocycles. The van der Waals surface area contributed by atoms with Crippen LogP contribution in [0.1, 0.15) is 38.7 Å². The molecule has 1 aromatic heterocycles. The maximum Gasteiger partial charge on any atom is 0.258 e. The van der Waals surface area contributed by atoms with Gasteiger partial charge in [0.05, 0.1) is 18.7 Å². The fourth-order valence-corrected chi connectivity index (χ4v) is 5.88. The largest absolute Gasteiger partial charge is 0.492 e. The van der Waals surface area contributed by atoms with Gasteiger partial charge in [-0.15, -0.1) is 0 Å². The molecule has 1 amide bonds. The number of pyridine rings is 1. The van der Waals surface area contributed by atoms with Gasteiger partial charge in [-0.25, -0.2) is 4.39 Å². The zero-order valence-electron chi connectivity index (χ0n) is 22.0. The van der Waals surface area contributed by atoms with Crippen molar-refractivity contribution in [3.05, 3.63) is 137 Å². The molecule has 206 valence electrons. The fraction of sp³-hybridized carbons (Fsp3) is 0.152. The van der Waals surface area contributed by atoms with E-state index in [0.29, 0.717) is 42.3 Å². The topological polar surface area (TPSA) is 51.7 Å². The Morgan fingerprint density at radius 1 is 0.902 bits per heavy atom. The van der Waals surface area contributed by atoms with Crippen LogP contribution >= 0.6 is 30.1 Å². The van der Waals surface area contributed by atoms with E-state index in [2.05, 4.69) is 21.2 Å². The van der Waals surface area contributed by atoms with Crippen LogP contribution in [0.15, 0.2) is 103 Å². The van der Waals surface area contributed by atoms with Crippen molar-refractivity contribution in [1.29, 1.82) is 0 Å². The van der Waals surface area contributed by atoms with Gasteiger partial charge in [0.1, 0.15) is 23.2 Å². The highest BCUT2D eigenvalue weighted by Gasteiger charge is 2.37. The van der Waals surface area contributed by atoms with Gasteiger partial charge in [-0.05, 0) is 62.2 Å². The van der Waals surface area contributed by atoms with Crippen LogP contribution in [0.5, 0.6) is 11.5 Å². The summed E-state index contributed by atoms with van der Waals surface area (Å²) in [6, 6.07) is 30.0. The fourth-order valence-electron chi connectivity index (χ4n) is 5.19. The van der Waals surface area contributed by atoms with E-state index in [1.54, 1.807) is 32.2 Å². The van der Waals surface area contributed by atoms with E-state index in [-0.39, 0.29) is 11.7 Å². The second kappa shape index (κ2) is 12.5. The van der Waals surface area contributed by atoms with Gasteiger partial charge in [0.2, 0.25) is 0 Å². The summed E-state index contributed by atoms with van der Waals surface area (Å²) in [7, 11) is 1.67. The maximum absolute atomic E-state index is 14.2. The first-order valence-corrected chi connectivity index (χ1v) is 16.8. The van der Waals surface area contributed by atoms with Crippen molar-refractivity contribution < 1.29 is 18.7 Å². The molecule has 5 nitrogen and oxygen atoms in total. The number of carbonyl (C=O) groups excluding carboxylic acids is 1. The van der Waals surface area contributed by atoms with Crippen molar-refractivity contribution in [2.24, 2.45) is 0 Å². The maximum atomic E-state index is 14.2. The minimum atomic E-state index is -0.465. The van der Waals surface area contributed by atoms with Crippen LogP contribution in [0.4, 0.5) is 4.39 Å². The molecule has 0 atom stereocenters. The number of halogens is 2. The summed E-state index contributed by atoms with van der Waals surface area (Å²) in [6.45, 7) is 1.18. The summed E-state index contributed by atoms with van der Waals surface area (Å²) in [6.07, 6.45) is 1.25. The molecule has 0 N–H and O–H groups in total. The molecule has 1 aliphatic heterocycles. The Bertz CT molecular complexity index is 1630. The van der Waals surface area contributed by atoms with E-state index in [1.165, 1.54) is 12.1 Å². The van der Waals surface area contributed by atoms with Crippen molar-refractivity contribution in [3.8, 4) is 11.5 Å². The number of hydrogen-bond acceptors (Lipinski definition) is 5. The number of hydrogen-bond donors (Lipinski definition) is 0.